The summed E-state index contributed by atoms with van der Waals surface area (Å²) in [6, 6.07) is -0.846. The van der Waals surface area contributed by atoms with Crippen LogP contribution in [0, 0.1) is 5.41 Å². The van der Waals surface area contributed by atoms with Crippen molar-refractivity contribution in [2.75, 3.05) is 33.5 Å². The molecule has 0 radical (unpaired) electrons. The van der Waals surface area contributed by atoms with Gasteiger partial charge in [0.1, 0.15) is 11.7 Å². The summed E-state index contributed by atoms with van der Waals surface area (Å²) in [5, 5.41) is 11.4. The van der Waals surface area contributed by atoms with Crippen molar-refractivity contribution in [3.63, 3.8) is 0 Å². The largest absolute Gasteiger partial charge is 0.465 e. The molecule has 0 aliphatic carbocycles. The number of fused-ring (bicyclic) bond motifs is 1. The van der Waals surface area contributed by atoms with Gasteiger partial charge in [-0.3, -0.25) is 9.59 Å². The lowest BCUT2D eigenvalue weighted by molar-refractivity contribution is -0.135. The summed E-state index contributed by atoms with van der Waals surface area (Å²) >= 11 is 0. The van der Waals surface area contributed by atoms with Gasteiger partial charge in [-0.2, -0.15) is 0 Å². The van der Waals surface area contributed by atoms with E-state index in [4.69, 9.17) is 5.11 Å². The van der Waals surface area contributed by atoms with E-state index in [9.17, 15) is 14.4 Å². The van der Waals surface area contributed by atoms with Gasteiger partial charge >= 0.3 is 6.09 Å². The number of carbonyl (C=O) groups excluding carboxylic acids is 2. The maximum absolute atomic E-state index is 12.9. The predicted molar refractivity (Wildman–Crippen MR) is 93.7 cm³/mol. The maximum atomic E-state index is 12.9. The Morgan fingerprint density at radius 3 is 2.58 bits per heavy atom. The Balaban J connectivity index is 1.67. The van der Waals surface area contributed by atoms with Crippen LogP contribution in [0.25, 0.3) is 0 Å². The molecule has 1 unspecified atom stereocenters. The van der Waals surface area contributed by atoms with E-state index in [-0.39, 0.29) is 17.9 Å². The summed E-state index contributed by atoms with van der Waals surface area (Å²) in [5.74, 6) is -0.224. The number of hydrogen-bond acceptors (Lipinski definition) is 5. The SMILES string of the molecule is CN1C=C2C(=O)N(C3CCN(C(=O)[C@H](NC(=O)O)C(C)(C)C)C3)CN2C1. The van der Waals surface area contributed by atoms with Crippen molar-refractivity contribution < 1.29 is 19.5 Å². The van der Waals surface area contributed by atoms with Crippen molar-refractivity contribution in [2.24, 2.45) is 5.41 Å². The Labute approximate surface area is 153 Å². The molecule has 2 saturated heterocycles. The summed E-state index contributed by atoms with van der Waals surface area (Å²) < 4.78 is 0. The minimum atomic E-state index is -1.21. The van der Waals surface area contributed by atoms with Crippen LogP contribution >= 0.6 is 0 Å². The van der Waals surface area contributed by atoms with E-state index in [0.29, 0.717) is 38.5 Å². The Bertz CT molecular complexity index is 656. The maximum Gasteiger partial charge on any atom is 0.405 e. The lowest BCUT2D eigenvalue weighted by Gasteiger charge is -2.33. The second kappa shape index (κ2) is 6.37. The highest BCUT2D eigenvalue weighted by Gasteiger charge is 2.44. The molecule has 0 spiro atoms. The van der Waals surface area contributed by atoms with Crippen LogP contribution in [0.5, 0.6) is 0 Å². The molecule has 144 valence electrons. The molecule has 0 aromatic heterocycles. The van der Waals surface area contributed by atoms with Crippen molar-refractivity contribution in [2.45, 2.75) is 39.3 Å². The van der Waals surface area contributed by atoms with E-state index in [1.54, 1.807) is 4.90 Å². The molecule has 2 N–H and O–H groups in total. The zero-order chi connectivity index (χ0) is 19.2. The van der Waals surface area contributed by atoms with Gasteiger partial charge in [0.05, 0.1) is 19.4 Å². The number of likely N-dealkylation sites (tertiary alicyclic amines) is 1. The summed E-state index contributed by atoms with van der Waals surface area (Å²) in [7, 11) is 1.93. The van der Waals surface area contributed by atoms with E-state index < -0.39 is 17.6 Å². The molecule has 3 aliphatic heterocycles. The summed E-state index contributed by atoms with van der Waals surface area (Å²) in [6.07, 6.45) is 1.35. The standard InChI is InChI=1S/C17H27N5O4/c1-17(2,3)13(18-16(25)26)15(24)20-6-5-11(7-20)22-10-21-9-19(4)8-12(21)14(22)23/h8,11,13,18H,5-7,9-10H2,1-4H3,(H,25,26)/t11?,13-/m0/s1. The van der Waals surface area contributed by atoms with Gasteiger partial charge in [-0.05, 0) is 11.8 Å². The Morgan fingerprint density at radius 1 is 1.31 bits per heavy atom. The molecule has 0 saturated carbocycles. The van der Waals surface area contributed by atoms with Gasteiger partial charge < -0.3 is 30.0 Å². The predicted octanol–water partition coefficient (Wildman–Crippen LogP) is 0.116. The van der Waals surface area contributed by atoms with Crippen LogP contribution in [0.1, 0.15) is 27.2 Å². The highest BCUT2D eigenvalue weighted by atomic mass is 16.4. The van der Waals surface area contributed by atoms with Crippen LogP contribution < -0.4 is 5.32 Å². The minimum Gasteiger partial charge on any atom is -0.465 e. The van der Waals surface area contributed by atoms with Crippen LogP contribution in [-0.4, -0.2) is 88.2 Å². The second-order valence-electron chi connectivity index (χ2n) is 8.34. The van der Waals surface area contributed by atoms with Crippen LogP contribution in [0.2, 0.25) is 0 Å². The van der Waals surface area contributed by atoms with E-state index in [1.807, 2.05) is 48.7 Å². The lowest BCUT2D eigenvalue weighted by Crippen LogP contribution is -2.54. The molecule has 3 aliphatic rings. The molecule has 26 heavy (non-hydrogen) atoms. The number of nitrogens with zero attached hydrogens (tertiary/aromatic N) is 4. The smallest absolute Gasteiger partial charge is 0.405 e. The van der Waals surface area contributed by atoms with Gasteiger partial charge in [-0.25, -0.2) is 4.79 Å². The van der Waals surface area contributed by atoms with Gasteiger partial charge in [0.2, 0.25) is 5.91 Å². The minimum absolute atomic E-state index is 0.00433. The third-order valence-corrected chi connectivity index (χ3v) is 5.18. The van der Waals surface area contributed by atoms with Crippen molar-refractivity contribution in [1.82, 2.24) is 24.9 Å². The van der Waals surface area contributed by atoms with E-state index in [1.165, 1.54) is 0 Å². The molecule has 3 heterocycles. The Morgan fingerprint density at radius 2 is 2.00 bits per heavy atom. The van der Waals surface area contributed by atoms with Gasteiger partial charge in [0.15, 0.2) is 0 Å². The number of carboxylic acid groups (broad SMARTS) is 1. The number of amides is 3. The van der Waals surface area contributed by atoms with Gasteiger partial charge in [-0.1, -0.05) is 20.8 Å². The zero-order valence-corrected chi connectivity index (χ0v) is 15.7. The molecule has 2 atom stereocenters. The second-order valence-corrected chi connectivity index (χ2v) is 8.34. The highest BCUT2D eigenvalue weighted by Crippen LogP contribution is 2.30. The normalized spacial score (nSPS) is 24.1. The molecule has 3 amide bonds. The first-order valence-electron chi connectivity index (χ1n) is 8.84. The van der Waals surface area contributed by atoms with Crippen molar-refractivity contribution in [3.05, 3.63) is 11.9 Å². The molecule has 0 aromatic rings. The first-order chi connectivity index (χ1) is 12.1. The fourth-order valence-electron chi connectivity index (χ4n) is 3.82. The monoisotopic (exact) mass is 365 g/mol. The highest BCUT2D eigenvalue weighted by molar-refractivity contribution is 5.95. The average molecular weight is 365 g/mol. The molecule has 9 nitrogen and oxygen atoms in total. The third kappa shape index (κ3) is 3.30. The fourth-order valence-corrected chi connectivity index (χ4v) is 3.82. The van der Waals surface area contributed by atoms with Crippen molar-refractivity contribution in [3.8, 4) is 0 Å². The summed E-state index contributed by atoms with van der Waals surface area (Å²) in [4.78, 5) is 44.1. The topological polar surface area (TPSA) is 96.4 Å². The van der Waals surface area contributed by atoms with Crippen LogP contribution in [-0.2, 0) is 9.59 Å². The fraction of sp³-hybridized carbons (Fsp3) is 0.706. The van der Waals surface area contributed by atoms with Gasteiger partial charge in [0, 0.05) is 26.3 Å². The first kappa shape index (κ1) is 18.3. The molecule has 0 bridgehead atoms. The average Bonchev–Trinajstić information content (AvgIpc) is 3.19. The molecular weight excluding hydrogens is 338 g/mol. The molecular formula is C17H27N5O4. The first-order valence-corrected chi connectivity index (χ1v) is 8.84. The lowest BCUT2D eigenvalue weighted by atomic mass is 9.86. The van der Waals surface area contributed by atoms with E-state index in [0.717, 1.165) is 0 Å². The quantitative estimate of drug-likeness (QED) is 0.737. The number of carbonyl (C=O) groups is 3. The molecule has 0 aromatic carbocycles. The molecule has 9 heteroatoms. The number of nitrogens with one attached hydrogen (secondary N) is 1. The summed E-state index contributed by atoms with van der Waals surface area (Å²) in [6.45, 7) is 7.70. The molecule has 3 rings (SSSR count). The van der Waals surface area contributed by atoms with Crippen LogP contribution in [0.15, 0.2) is 11.9 Å². The number of hydrogen-bond donors (Lipinski definition) is 2. The van der Waals surface area contributed by atoms with E-state index in [2.05, 4.69) is 5.32 Å². The zero-order valence-electron chi connectivity index (χ0n) is 15.7. The third-order valence-electron chi connectivity index (χ3n) is 5.18. The van der Waals surface area contributed by atoms with Crippen LogP contribution in [0.4, 0.5) is 4.79 Å². The van der Waals surface area contributed by atoms with Crippen molar-refractivity contribution >= 4 is 17.9 Å². The summed E-state index contributed by atoms with van der Waals surface area (Å²) in [5.41, 5.74) is 0.173. The Kier molecular flexibility index (Phi) is 4.49. The van der Waals surface area contributed by atoms with Gasteiger partial charge in [-0.15, -0.1) is 0 Å². The van der Waals surface area contributed by atoms with Gasteiger partial charge in [0.25, 0.3) is 5.91 Å². The Hall–Kier alpha value is -2.45. The molecule has 2 fully saturated rings. The number of rotatable bonds is 3. The van der Waals surface area contributed by atoms with E-state index >= 15 is 0 Å². The van der Waals surface area contributed by atoms with Crippen LogP contribution in [0.3, 0.4) is 0 Å². The van der Waals surface area contributed by atoms with Crippen molar-refractivity contribution in [1.29, 1.82) is 0 Å².